The van der Waals surface area contributed by atoms with Gasteiger partial charge in [0.05, 0.1) is 26.4 Å². The molecule has 10 nitrogen and oxygen atoms in total. The lowest BCUT2D eigenvalue weighted by Crippen LogP contribution is -2.48. The number of aryl methyl sites for hydroxylation is 1. The fraction of sp³-hybridized carbons (Fsp3) is 0.424. The molecule has 228 valence electrons. The third kappa shape index (κ3) is 7.29. The molecule has 0 saturated carbocycles. The molecule has 3 unspecified atom stereocenters. The van der Waals surface area contributed by atoms with Crippen molar-refractivity contribution in [1.29, 1.82) is 0 Å². The van der Waals surface area contributed by atoms with Gasteiger partial charge in [0.15, 0.2) is 11.5 Å². The Hall–Kier alpha value is -3.67. The maximum Gasteiger partial charge on any atom is 0.323 e. The van der Waals surface area contributed by atoms with Gasteiger partial charge in [0, 0.05) is 49.9 Å². The SMILES string of the molecule is Cc1ccccc1C1=CC=CC(Nc2nccc3cc(CNC(CO)C(=O)O)cnc23)(OCCCN2CCOCC2)C1C. The Bertz CT molecular complexity index is 1470. The molecule has 1 aromatic carbocycles. The van der Waals surface area contributed by atoms with Crippen LogP contribution in [0.25, 0.3) is 16.5 Å². The zero-order chi connectivity index (χ0) is 30.2. The molecule has 5 rings (SSSR count). The first-order chi connectivity index (χ1) is 20.9. The van der Waals surface area contributed by atoms with E-state index in [4.69, 9.17) is 14.5 Å². The van der Waals surface area contributed by atoms with E-state index in [-0.39, 0.29) is 12.5 Å². The van der Waals surface area contributed by atoms with E-state index in [0.717, 1.165) is 50.2 Å². The molecule has 1 aliphatic heterocycles. The summed E-state index contributed by atoms with van der Waals surface area (Å²) in [6.45, 7) is 9.01. The summed E-state index contributed by atoms with van der Waals surface area (Å²) < 4.78 is 12.3. The van der Waals surface area contributed by atoms with Crippen molar-refractivity contribution >= 4 is 28.3 Å². The molecule has 3 heterocycles. The van der Waals surface area contributed by atoms with Gasteiger partial charge in [-0.25, -0.2) is 4.98 Å². The van der Waals surface area contributed by atoms with E-state index in [2.05, 4.69) is 76.9 Å². The van der Waals surface area contributed by atoms with E-state index >= 15 is 0 Å². The molecule has 2 aliphatic rings. The number of carboxylic acid groups (broad SMARTS) is 1. The molecule has 0 amide bonds. The van der Waals surface area contributed by atoms with Crippen LogP contribution in [0.4, 0.5) is 5.82 Å². The summed E-state index contributed by atoms with van der Waals surface area (Å²) >= 11 is 0. The van der Waals surface area contributed by atoms with E-state index in [0.29, 0.717) is 17.9 Å². The molecule has 3 atom stereocenters. The lowest BCUT2D eigenvalue weighted by atomic mass is 9.80. The van der Waals surface area contributed by atoms with E-state index < -0.39 is 24.3 Å². The highest BCUT2D eigenvalue weighted by molar-refractivity contribution is 5.89. The van der Waals surface area contributed by atoms with Gasteiger partial charge < -0.3 is 25.0 Å². The molecular weight excluding hydrogens is 546 g/mol. The average molecular weight is 588 g/mol. The normalized spacial score (nSPS) is 21.5. The molecule has 2 aromatic heterocycles. The first-order valence-electron chi connectivity index (χ1n) is 14.9. The second-order valence-electron chi connectivity index (χ2n) is 11.1. The molecule has 1 saturated heterocycles. The number of anilines is 1. The van der Waals surface area contributed by atoms with Gasteiger partial charge in [-0.1, -0.05) is 43.3 Å². The Morgan fingerprint density at radius 1 is 1.23 bits per heavy atom. The van der Waals surface area contributed by atoms with Crippen molar-refractivity contribution in [2.75, 3.05) is 51.4 Å². The number of aromatic nitrogens is 2. The summed E-state index contributed by atoms with van der Waals surface area (Å²) in [7, 11) is 0. The van der Waals surface area contributed by atoms with Crippen LogP contribution in [0.3, 0.4) is 0 Å². The fourth-order valence-corrected chi connectivity index (χ4v) is 5.70. The first kappa shape index (κ1) is 30.8. The van der Waals surface area contributed by atoms with Gasteiger partial charge >= 0.3 is 5.97 Å². The second kappa shape index (κ2) is 14.2. The topological polar surface area (TPSA) is 129 Å². The number of benzene rings is 1. The number of aliphatic carboxylic acids is 1. The summed E-state index contributed by atoms with van der Waals surface area (Å²) in [5.74, 6) is -0.545. The van der Waals surface area contributed by atoms with Gasteiger partial charge in [0.25, 0.3) is 0 Å². The molecule has 1 aliphatic carbocycles. The van der Waals surface area contributed by atoms with Crippen LogP contribution in [0.15, 0.2) is 67.0 Å². The van der Waals surface area contributed by atoms with Crippen molar-refractivity contribution in [3.8, 4) is 0 Å². The maximum absolute atomic E-state index is 11.3. The lowest BCUT2D eigenvalue weighted by Gasteiger charge is -2.41. The van der Waals surface area contributed by atoms with E-state index in [1.165, 1.54) is 16.7 Å². The Labute approximate surface area is 252 Å². The van der Waals surface area contributed by atoms with Gasteiger partial charge in [-0.2, -0.15) is 0 Å². The maximum atomic E-state index is 11.3. The molecule has 4 N–H and O–H groups in total. The highest BCUT2D eigenvalue weighted by Gasteiger charge is 2.40. The van der Waals surface area contributed by atoms with Gasteiger partial charge in [0.1, 0.15) is 11.6 Å². The highest BCUT2D eigenvalue weighted by atomic mass is 16.5. The Morgan fingerprint density at radius 2 is 2.05 bits per heavy atom. The van der Waals surface area contributed by atoms with Gasteiger partial charge in [0.2, 0.25) is 0 Å². The van der Waals surface area contributed by atoms with Crippen molar-refractivity contribution < 1.29 is 24.5 Å². The van der Waals surface area contributed by atoms with Gasteiger partial charge in [-0.3, -0.25) is 20.0 Å². The monoisotopic (exact) mass is 587 g/mol. The second-order valence-corrected chi connectivity index (χ2v) is 11.1. The van der Waals surface area contributed by atoms with Crippen LogP contribution < -0.4 is 10.6 Å². The van der Waals surface area contributed by atoms with Crippen LogP contribution in [0.1, 0.15) is 30.0 Å². The number of morpholine rings is 1. The predicted octanol–water partition coefficient (Wildman–Crippen LogP) is 3.61. The molecule has 0 bridgehead atoms. The molecule has 3 aromatic rings. The lowest BCUT2D eigenvalue weighted by molar-refractivity contribution is -0.140. The number of nitrogens with zero attached hydrogens (tertiary/aromatic N) is 3. The standard InChI is InChI=1S/C33H41N5O5/c1-23-7-3-4-8-27(23)28-9-5-11-33(24(28)2,43-16-6-13-38-14-17-42-18-15-38)37-31-30-26(10-12-34-31)19-25(21-36-30)20-35-29(22-39)32(40)41/h3-5,7-12,19,21,24,29,35,39H,6,13-18,20,22H2,1-2H3,(H,34,37)(H,40,41). The van der Waals surface area contributed by atoms with Crippen molar-refractivity contribution in [2.45, 2.75) is 38.6 Å². The van der Waals surface area contributed by atoms with Crippen LogP contribution in [0, 0.1) is 12.8 Å². The number of fused-ring (bicyclic) bond motifs is 1. The number of aliphatic hydroxyl groups is 1. The van der Waals surface area contributed by atoms with E-state index in [1.54, 1.807) is 12.4 Å². The summed E-state index contributed by atoms with van der Waals surface area (Å²) in [4.78, 5) is 23.1. The highest BCUT2D eigenvalue weighted by Crippen LogP contribution is 2.40. The van der Waals surface area contributed by atoms with Crippen molar-refractivity contribution in [1.82, 2.24) is 20.2 Å². The third-order valence-corrected chi connectivity index (χ3v) is 8.25. The number of hydrogen-bond acceptors (Lipinski definition) is 9. The molecule has 43 heavy (non-hydrogen) atoms. The summed E-state index contributed by atoms with van der Waals surface area (Å²) in [6, 6.07) is 11.2. The van der Waals surface area contributed by atoms with E-state index in [1.807, 2.05) is 12.1 Å². The molecule has 1 fully saturated rings. The first-order valence-corrected chi connectivity index (χ1v) is 14.9. The molecule has 0 spiro atoms. The molecular formula is C33H41N5O5. The zero-order valence-corrected chi connectivity index (χ0v) is 24.8. The minimum absolute atomic E-state index is 0.0473. The predicted molar refractivity (Wildman–Crippen MR) is 167 cm³/mol. The quantitative estimate of drug-likeness (QED) is 0.174. The smallest absolute Gasteiger partial charge is 0.323 e. The number of ether oxygens (including phenoxy) is 2. The van der Waals surface area contributed by atoms with Crippen molar-refractivity contribution in [3.63, 3.8) is 0 Å². The summed E-state index contributed by atoms with van der Waals surface area (Å²) in [6.07, 6.45) is 10.6. The number of hydrogen-bond donors (Lipinski definition) is 4. The number of nitrogens with one attached hydrogen (secondary N) is 2. The van der Waals surface area contributed by atoms with Crippen molar-refractivity contribution in [2.24, 2.45) is 5.92 Å². The Kier molecular flexibility index (Phi) is 10.2. The minimum atomic E-state index is -1.10. The van der Waals surface area contributed by atoms with Gasteiger partial charge in [-0.05, 0) is 53.8 Å². The van der Waals surface area contributed by atoms with Gasteiger partial charge in [-0.15, -0.1) is 0 Å². The molecule has 10 heteroatoms. The third-order valence-electron chi connectivity index (χ3n) is 8.25. The van der Waals surface area contributed by atoms with Crippen LogP contribution in [0.2, 0.25) is 0 Å². The largest absolute Gasteiger partial charge is 0.480 e. The summed E-state index contributed by atoms with van der Waals surface area (Å²) in [5, 5.41) is 25.9. The molecule has 0 radical (unpaired) electrons. The van der Waals surface area contributed by atoms with E-state index in [9.17, 15) is 15.0 Å². The number of allylic oxidation sites excluding steroid dienone is 2. The number of carboxylic acids is 1. The van der Waals surface area contributed by atoms with Crippen LogP contribution in [-0.4, -0.2) is 88.9 Å². The Morgan fingerprint density at radius 3 is 2.81 bits per heavy atom. The number of rotatable bonds is 13. The summed E-state index contributed by atoms with van der Waals surface area (Å²) in [5.41, 5.74) is 4.19. The Balaban J connectivity index is 1.40. The van der Waals surface area contributed by atoms with Crippen LogP contribution >= 0.6 is 0 Å². The minimum Gasteiger partial charge on any atom is -0.480 e. The fourth-order valence-electron chi connectivity index (χ4n) is 5.70. The number of pyridine rings is 2. The number of aliphatic hydroxyl groups excluding tert-OH is 1. The van der Waals surface area contributed by atoms with Crippen molar-refractivity contribution in [3.05, 3.63) is 83.7 Å². The van der Waals surface area contributed by atoms with Crippen LogP contribution in [0.5, 0.6) is 0 Å². The van der Waals surface area contributed by atoms with Crippen LogP contribution in [-0.2, 0) is 20.8 Å². The average Bonchev–Trinajstić information content (AvgIpc) is 3.02. The zero-order valence-electron chi connectivity index (χ0n) is 24.8. The number of carbonyl (C=O) groups is 1.